The number of thiophene rings is 1. The van der Waals surface area contributed by atoms with Gasteiger partial charge in [-0.1, -0.05) is 0 Å². The van der Waals surface area contributed by atoms with E-state index in [4.69, 9.17) is 11.5 Å². The van der Waals surface area contributed by atoms with Crippen molar-refractivity contribution in [2.75, 3.05) is 5.73 Å². The van der Waals surface area contributed by atoms with Crippen molar-refractivity contribution < 1.29 is 13.2 Å². The van der Waals surface area contributed by atoms with Gasteiger partial charge in [-0.25, -0.2) is 13.1 Å². The number of nitrogens with one attached hydrogen (secondary N) is 1. The largest absolute Gasteiger partial charge is 0.398 e. The fraction of sp³-hybridized carbons (Fsp3) is 0.545. The number of amides is 1. The predicted molar refractivity (Wildman–Crippen MR) is 74.0 cm³/mol. The topological polar surface area (TPSA) is 115 Å². The lowest BCUT2D eigenvalue weighted by Crippen LogP contribution is -2.39. The van der Waals surface area contributed by atoms with Crippen LogP contribution in [-0.4, -0.2) is 20.4 Å². The van der Waals surface area contributed by atoms with E-state index >= 15 is 0 Å². The highest BCUT2D eigenvalue weighted by Crippen LogP contribution is 2.27. The number of hydrogen-bond acceptors (Lipinski definition) is 5. The van der Waals surface area contributed by atoms with Crippen LogP contribution in [0.4, 0.5) is 5.69 Å². The Labute approximate surface area is 116 Å². The van der Waals surface area contributed by atoms with Crippen LogP contribution in [0.15, 0.2) is 15.7 Å². The molecule has 0 bridgehead atoms. The third-order valence-electron chi connectivity index (χ3n) is 3.31. The molecule has 1 aromatic heterocycles. The number of nitrogen functional groups attached to an aromatic ring is 1. The highest BCUT2D eigenvalue weighted by molar-refractivity contribution is 7.91. The SMILES string of the molecule is NC(=O)C1CCC(NS(=O)(=O)c2cc(N)cs2)CC1. The number of anilines is 1. The van der Waals surface area contributed by atoms with E-state index in [1.807, 2.05) is 0 Å². The van der Waals surface area contributed by atoms with Crippen molar-refractivity contribution in [2.24, 2.45) is 11.7 Å². The molecule has 2 rings (SSSR count). The van der Waals surface area contributed by atoms with E-state index in [2.05, 4.69) is 4.72 Å². The summed E-state index contributed by atoms with van der Waals surface area (Å²) in [6, 6.07) is 1.31. The Morgan fingerprint density at radius 2 is 1.95 bits per heavy atom. The lowest BCUT2D eigenvalue weighted by molar-refractivity contribution is -0.122. The molecule has 0 radical (unpaired) electrons. The van der Waals surface area contributed by atoms with Crippen LogP contribution in [0.3, 0.4) is 0 Å². The van der Waals surface area contributed by atoms with E-state index in [1.165, 1.54) is 6.07 Å². The number of hydrogen-bond donors (Lipinski definition) is 3. The maximum absolute atomic E-state index is 12.1. The van der Waals surface area contributed by atoms with E-state index in [0.29, 0.717) is 31.4 Å². The zero-order valence-electron chi connectivity index (χ0n) is 10.3. The highest BCUT2D eigenvalue weighted by Gasteiger charge is 2.28. The summed E-state index contributed by atoms with van der Waals surface area (Å²) < 4.78 is 27.0. The monoisotopic (exact) mass is 303 g/mol. The van der Waals surface area contributed by atoms with Gasteiger partial charge in [-0.2, -0.15) is 0 Å². The van der Waals surface area contributed by atoms with Crippen LogP contribution in [-0.2, 0) is 14.8 Å². The van der Waals surface area contributed by atoms with E-state index in [0.717, 1.165) is 11.3 Å². The van der Waals surface area contributed by atoms with Gasteiger partial charge < -0.3 is 11.5 Å². The second-order valence-corrected chi connectivity index (χ2v) is 7.62. The molecule has 19 heavy (non-hydrogen) atoms. The fourth-order valence-corrected chi connectivity index (χ4v) is 4.65. The highest BCUT2D eigenvalue weighted by atomic mass is 32.2. The first-order chi connectivity index (χ1) is 8.88. The molecule has 0 unspecified atom stereocenters. The zero-order valence-corrected chi connectivity index (χ0v) is 12.0. The Morgan fingerprint density at radius 3 is 2.42 bits per heavy atom. The summed E-state index contributed by atoms with van der Waals surface area (Å²) >= 11 is 1.10. The number of carbonyl (C=O) groups is 1. The molecular formula is C11H17N3O3S2. The van der Waals surface area contributed by atoms with Crippen LogP contribution in [0.1, 0.15) is 25.7 Å². The number of carbonyl (C=O) groups excluding carboxylic acids is 1. The second-order valence-electron chi connectivity index (χ2n) is 4.77. The first kappa shape index (κ1) is 14.3. The molecule has 106 valence electrons. The summed E-state index contributed by atoms with van der Waals surface area (Å²) in [5.74, 6) is -0.425. The molecule has 5 N–H and O–H groups in total. The summed E-state index contributed by atoms with van der Waals surface area (Å²) in [4.78, 5) is 11.0. The van der Waals surface area contributed by atoms with Gasteiger partial charge in [-0.15, -0.1) is 11.3 Å². The summed E-state index contributed by atoms with van der Waals surface area (Å²) in [6.07, 6.45) is 2.53. The van der Waals surface area contributed by atoms with Crippen LogP contribution in [0.2, 0.25) is 0 Å². The molecule has 1 heterocycles. The second kappa shape index (κ2) is 5.48. The van der Waals surface area contributed by atoms with Gasteiger partial charge in [0.1, 0.15) is 4.21 Å². The molecule has 1 aliphatic rings. The Morgan fingerprint density at radius 1 is 1.32 bits per heavy atom. The number of rotatable bonds is 4. The molecular weight excluding hydrogens is 286 g/mol. The van der Waals surface area contributed by atoms with Gasteiger partial charge in [-0.3, -0.25) is 4.79 Å². The molecule has 0 spiro atoms. The van der Waals surface area contributed by atoms with Gasteiger partial charge in [-0.05, 0) is 31.7 Å². The predicted octanol–water partition coefficient (Wildman–Crippen LogP) is 0.653. The van der Waals surface area contributed by atoms with E-state index < -0.39 is 10.0 Å². The summed E-state index contributed by atoms with van der Waals surface area (Å²) in [7, 11) is -3.50. The summed E-state index contributed by atoms with van der Waals surface area (Å²) in [5, 5.41) is 1.60. The Hall–Kier alpha value is -1.12. The van der Waals surface area contributed by atoms with Crippen LogP contribution in [0.5, 0.6) is 0 Å². The lowest BCUT2D eigenvalue weighted by atomic mass is 9.86. The maximum atomic E-state index is 12.1. The number of sulfonamides is 1. The molecule has 8 heteroatoms. The minimum Gasteiger partial charge on any atom is -0.398 e. The van der Waals surface area contributed by atoms with Crippen molar-refractivity contribution >= 4 is 33.0 Å². The van der Waals surface area contributed by atoms with Crippen molar-refractivity contribution in [1.29, 1.82) is 0 Å². The smallest absolute Gasteiger partial charge is 0.250 e. The van der Waals surface area contributed by atoms with Gasteiger partial charge in [0.05, 0.1) is 0 Å². The van der Waals surface area contributed by atoms with Gasteiger partial charge in [0.15, 0.2) is 0 Å². The van der Waals surface area contributed by atoms with Crippen LogP contribution < -0.4 is 16.2 Å². The standard InChI is InChI=1S/C11H17N3O3S2/c12-8-5-10(18-6-8)19(16,17)14-9-3-1-7(2-4-9)11(13)15/h5-7,9,14H,1-4,12H2,(H2,13,15). The zero-order chi connectivity index (χ0) is 14.0. The normalized spacial score (nSPS) is 24.2. The average Bonchev–Trinajstić information content (AvgIpc) is 2.77. The average molecular weight is 303 g/mol. The van der Waals surface area contributed by atoms with E-state index in [-0.39, 0.29) is 22.1 Å². The van der Waals surface area contributed by atoms with Crippen molar-refractivity contribution in [1.82, 2.24) is 4.72 Å². The van der Waals surface area contributed by atoms with Gasteiger partial charge >= 0.3 is 0 Å². The Bertz CT molecular complexity index is 559. The minimum atomic E-state index is -3.50. The third-order valence-corrected chi connectivity index (χ3v) is 6.29. The quantitative estimate of drug-likeness (QED) is 0.757. The molecule has 6 nitrogen and oxygen atoms in total. The summed E-state index contributed by atoms with van der Waals surface area (Å²) in [5.41, 5.74) is 11.2. The van der Waals surface area contributed by atoms with Crippen LogP contribution >= 0.6 is 11.3 Å². The molecule has 1 amide bonds. The fourth-order valence-electron chi connectivity index (χ4n) is 2.24. The Balaban J connectivity index is 1.97. The summed E-state index contributed by atoms with van der Waals surface area (Å²) in [6.45, 7) is 0. The number of primary amides is 1. The Kier molecular flexibility index (Phi) is 4.12. The molecule has 0 saturated heterocycles. The molecule has 1 aromatic rings. The molecule has 0 atom stereocenters. The van der Waals surface area contributed by atoms with Gasteiger partial charge in [0, 0.05) is 23.0 Å². The lowest BCUT2D eigenvalue weighted by Gasteiger charge is -2.26. The van der Waals surface area contributed by atoms with E-state index in [1.54, 1.807) is 5.38 Å². The minimum absolute atomic E-state index is 0.127. The number of nitrogens with two attached hydrogens (primary N) is 2. The van der Waals surface area contributed by atoms with Gasteiger partial charge in [0.2, 0.25) is 15.9 Å². The van der Waals surface area contributed by atoms with Crippen molar-refractivity contribution in [3.05, 3.63) is 11.4 Å². The van der Waals surface area contributed by atoms with Crippen molar-refractivity contribution in [2.45, 2.75) is 35.9 Å². The molecule has 0 aliphatic heterocycles. The van der Waals surface area contributed by atoms with Crippen LogP contribution in [0, 0.1) is 5.92 Å². The first-order valence-corrected chi connectivity index (χ1v) is 8.40. The third kappa shape index (κ3) is 3.46. The maximum Gasteiger partial charge on any atom is 0.250 e. The van der Waals surface area contributed by atoms with Crippen molar-refractivity contribution in [3.63, 3.8) is 0 Å². The molecule has 1 aliphatic carbocycles. The molecule has 1 saturated carbocycles. The molecule has 0 aromatic carbocycles. The first-order valence-electron chi connectivity index (χ1n) is 6.04. The van der Waals surface area contributed by atoms with E-state index in [9.17, 15) is 13.2 Å². The van der Waals surface area contributed by atoms with Crippen molar-refractivity contribution in [3.8, 4) is 0 Å². The van der Waals surface area contributed by atoms with Gasteiger partial charge in [0.25, 0.3) is 0 Å². The molecule has 1 fully saturated rings. The van der Waals surface area contributed by atoms with Crippen LogP contribution in [0.25, 0.3) is 0 Å².